The second-order valence-corrected chi connectivity index (χ2v) is 7.70. The van der Waals surface area contributed by atoms with Crippen LogP contribution in [0.25, 0.3) is 0 Å². The quantitative estimate of drug-likeness (QED) is 0.829. The standard InChI is InChI=1S/C20H32N2O2/c1-6-22-13-11-16(12-14-22)21(5)19(23)15-24-18-10-8-7-9-17(18)20(2,3)4/h7-10,16H,6,11-15H2,1-5H3. The maximum absolute atomic E-state index is 12.5. The molecular formula is C20H32N2O2. The lowest BCUT2D eigenvalue weighted by atomic mass is 9.86. The van der Waals surface area contributed by atoms with E-state index in [9.17, 15) is 4.79 Å². The highest BCUT2D eigenvalue weighted by atomic mass is 16.5. The van der Waals surface area contributed by atoms with Crippen LogP contribution in [0.5, 0.6) is 5.75 Å². The van der Waals surface area contributed by atoms with E-state index >= 15 is 0 Å². The normalized spacial score (nSPS) is 16.9. The summed E-state index contributed by atoms with van der Waals surface area (Å²) in [6, 6.07) is 8.33. The van der Waals surface area contributed by atoms with Crippen molar-refractivity contribution in [1.82, 2.24) is 9.80 Å². The van der Waals surface area contributed by atoms with Gasteiger partial charge in [-0.1, -0.05) is 45.9 Å². The van der Waals surface area contributed by atoms with Crippen LogP contribution in [0.15, 0.2) is 24.3 Å². The SMILES string of the molecule is CCN1CCC(N(C)C(=O)COc2ccccc2C(C)(C)C)CC1. The van der Waals surface area contributed by atoms with E-state index in [1.54, 1.807) is 0 Å². The molecule has 1 saturated heterocycles. The molecule has 2 rings (SSSR count). The molecule has 4 nitrogen and oxygen atoms in total. The van der Waals surface area contributed by atoms with Gasteiger partial charge in [-0.2, -0.15) is 0 Å². The Kier molecular flexibility index (Phi) is 6.27. The highest BCUT2D eigenvalue weighted by Gasteiger charge is 2.25. The Morgan fingerprint density at radius 1 is 1.25 bits per heavy atom. The van der Waals surface area contributed by atoms with E-state index in [1.165, 1.54) is 0 Å². The zero-order chi connectivity index (χ0) is 17.7. The number of carbonyl (C=O) groups excluding carboxylic acids is 1. The number of carbonyl (C=O) groups is 1. The minimum absolute atomic E-state index is 0.00146. The van der Waals surface area contributed by atoms with Crippen molar-refractivity contribution in [2.24, 2.45) is 0 Å². The Morgan fingerprint density at radius 2 is 1.88 bits per heavy atom. The van der Waals surface area contributed by atoms with Crippen molar-refractivity contribution in [3.8, 4) is 5.75 Å². The minimum Gasteiger partial charge on any atom is -0.483 e. The van der Waals surface area contributed by atoms with Gasteiger partial charge in [0.1, 0.15) is 5.75 Å². The van der Waals surface area contributed by atoms with Crippen LogP contribution in [0.2, 0.25) is 0 Å². The van der Waals surface area contributed by atoms with E-state index in [-0.39, 0.29) is 17.9 Å². The van der Waals surface area contributed by atoms with Crippen LogP contribution in [0.1, 0.15) is 46.1 Å². The Balaban J connectivity index is 1.92. The van der Waals surface area contributed by atoms with Crippen molar-refractivity contribution < 1.29 is 9.53 Å². The number of para-hydroxylation sites is 1. The lowest BCUT2D eigenvalue weighted by molar-refractivity contribution is -0.135. The van der Waals surface area contributed by atoms with Gasteiger partial charge in [0, 0.05) is 26.2 Å². The molecule has 0 aliphatic carbocycles. The molecule has 0 saturated carbocycles. The van der Waals surface area contributed by atoms with E-state index in [0.717, 1.165) is 43.8 Å². The number of benzene rings is 1. The van der Waals surface area contributed by atoms with Gasteiger partial charge in [0.2, 0.25) is 0 Å². The van der Waals surface area contributed by atoms with Crippen molar-refractivity contribution in [2.75, 3.05) is 33.3 Å². The second kappa shape index (κ2) is 8.02. The van der Waals surface area contributed by atoms with Crippen LogP contribution >= 0.6 is 0 Å². The largest absolute Gasteiger partial charge is 0.483 e. The van der Waals surface area contributed by atoms with Gasteiger partial charge in [0.25, 0.3) is 5.91 Å². The van der Waals surface area contributed by atoms with Gasteiger partial charge in [-0.05, 0) is 36.4 Å². The Morgan fingerprint density at radius 3 is 2.46 bits per heavy atom. The molecule has 24 heavy (non-hydrogen) atoms. The first kappa shape index (κ1) is 18.8. The third-order valence-corrected chi connectivity index (χ3v) is 4.99. The van der Waals surface area contributed by atoms with Gasteiger partial charge in [-0.25, -0.2) is 0 Å². The van der Waals surface area contributed by atoms with Crippen LogP contribution in [-0.4, -0.2) is 55.0 Å². The van der Waals surface area contributed by atoms with E-state index in [0.29, 0.717) is 6.04 Å². The molecule has 0 radical (unpaired) electrons. The summed E-state index contributed by atoms with van der Waals surface area (Å²) in [4.78, 5) is 16.8. The molecule has 0 spiro atoms. The van der Waals surface area contributed by atoms with E-state index in [1.807, 2.05) is 30.1 Å². The van der Waals surface area contributed by atoms with Gasteiger partial charge in [0.15, 0.2) is 6.61 Å². The molecule has 0 N–H and O–H groups in total. The van der Waals surface area contributed by atoms with Crippen molar-refractivity contribution in [3.63, 3.8) is 0 Å². The molecule has 0 bridgehead atoms. The summed E-state index contributed by atoms with van der Waals surface area (Å²) in [5.74, 6) is 0.876. The van der Waals surface area contributed by atoms with Crippen LogP contribution < -0.4 is 4.74 Å². The van der Waals surface area contributed by atoms with E-state index < -0.39 is 0 Å². The van der Waals surface area contributed by atoms with Gasteiger partial charge >= 0.3 is 0 Å². The smallest absolute Gasteiger partial charge is 0.260 e. The molecule has 1 amide bonds. The van der Waals surface area contributed by atoms with E-state index in [2.05, 4.69) is 38.7 Å². The summed E-state index contributed by atoms with van der Waals surface area (Å²) in [5, 5.41) is 0. The molecule has 1 aliphatic rings. The van der Waals surface area contributed by atoms with Gasteiger partial charge < -0.3 is 14.5 Å². The minimum atomic E-state index is -0.00146. The Labute approximate surface area is 146 Å². The molecule has 1 aliphatic heterocycles. The number of amides is 1. The summed E-state index contributed by atoms with van der Waals surface area (Å²) in [5.41, 5.74) is 1.13. The van der Waals surface area contributed by atoms with Crippen molar-refractivity contribution >= 4 is 5.91 Å². The number of hydrogen-bond donors (Lipinski definition) is 0. The fourth-order valence-electron chi connectivity index (χ4n) is 3.28. The first-order valence-electron chi connectivity index (χ1n) is 9.03. The van der Waals surface area contributed by atoms with E-state index in [4.69, 9.17) is 4.74 Å². The van der Waals surface area contributed by atoms with Crippen molar-refractivity contribution in [3.05, 3.63) is 29.8 Å². The average molecular weight is 332 g/mol. The number of hydrogen-bond acceptors (Lipinski definition) is 3. The predicted molar refractivity (Wildman–Crippen MR) is 98.5 cm³/mol. The molecule has 0 atom stereocenters. The molecule has 1 heterocycles. The number of piperidine rings is 1. The molecule has 0 aromatic heterocycles. The molecule has 1 aromatic carbocycles. The number of nitrogens with zero attached hydrogens (tertiary/aromatic N) is 2. The number of rotatable bonds is 5. The fourth-order valence-corrected chi connectivity index (χ4v) is 3.28. The van der Waals surface area contributed by atoms with Gasteiger partial charge in [0.05, 0.1) is 0 Å². The first-order valence-corrected chi connectivity index (χ1v) is 9.03. The molecule has 0 unspecified atom stereocenters. The summed E-state index contributed by atoms with van der Waals surface area (Å²) in [7, 11) is 1.91. The third-order valence-electron chi connectivity index (χ3n) is 4.99. The van der Waals surface area contributed by atoms with Crippen molar-refractivity contribution in [2.45, 2.75) is 52.0 Å². The predicted octanol–water partition coefficient (Wildman–Crippen LogP) is 3.31. The number of likely N-dealkylation sites (N-methyl/N-ethyl adjacent to an activating group) is 1. The topological polar surface area (TPSA) is 32.8 Å². The molecule has 1 aromatic rings. The van der Waals surface area contributed by atoms with Crippen LogP contribution in [-0.2, 0) is 10.2 Å². The Hall–Kier alpha value is -1.55. The zero-order valence-corrected chi connectivity index (χ0v) is 15.8. The van der Waals surface area contributed by atoms with Gasteiger partial charge in [-0.15, -0.1) is 0 Å². The number of likely N-dealkylation sites (tertiary alicyclic amines) is 1. The van der Waals surface area contributed by atoms with Crippen molar-refractivity contribution in [1.29, 1.82) is 0 Å². The zero-order valence-electron chi connectivity index (χ0n) is 15.8. The monoisotopic (exact) mass is 332 g/mol. The molecule has 4 heteroatoms. The summed E-state index contributed by atoms with van der Waals surface area (Å²) in [6.07, 6.45) is 2.10. The molecule has 134 valence electrons. The summed E-state index contributed by atoms with van der Waals surface area (Å²) < 4.78 is 5.88. The van der Waals surface area contributed by atoms with Crippen LogP contribution in [0.3, 0.4) is 0 Å². The fraction of sp³-hybridized carbons (Fsp3) is 0.650. The third kappa shape index (κ3) is 4.73. The lowest BCUT2D eigenvalue weighted by Gasteiger charge is -2.36. The summed E-state index contributed by atoms with van der Waals surface area (Å²) >= 11 is 0. The maximum atomic E-state index is 12.5. The first-order chi connectivity index (χ1) is 11.3. The number of ether oxygens (including phenoxy) is 1. The second-order valence-electron chi connectivity index (χ2n) is 7.70. The lowest BCUT2D eigenvalue weighted by Crippen LogP contribution is -2.46. The molecular weight excluding hydrogens is 300 g/mol. The average Bonchev–Trinajstić information content (AvgIpc) is 2.58. The highest BCUT2D eigenvalue weighted by molar-refractivity contribution is 5.77. The maximum Gasteiger partial charge on any atom is 0.260 e. The highest BCUT2D eigenvalue weighted by Crippen LogP contribution is 2.31. The summed E-state index contributed by atoms with van der Waals surface area (Å²) in [6.45, 7) is 12.0. The van der Waals surface area contributed by atoms with Crippen LogP contribution in [0, 0.1) is 0 Å². The van der Waals surface area contributed by atoms with Crippen LogP contribution in [0.4, 0.5) is 0 Å². The Bertz CT molecular complexity index is 543. The van der Waals surface area contributed by atoms with Gasteiger partial charge in [-0.3, -0.25) is 4.79 Å². The molecule has 1 fully saturated rings.